The molecule has 2 aromatic heterocycles. The SMILES string of the molecule is Cc1noc(C)c1C(=O)NCCNC(=O)c1ccco1. The fourth-order valence-electron chi connectivity index (χ4n) is 1.74. The quantitative estimate of drug-likeness (QED) is 0.796. The summed E-state index contributed by atoms with van der Waals surface area (Å²) in [6.07, 6.45) is 1.42. The van der Waals surface area contributed by atoms with Gasteiger partial charge in [0, 0.05) is 13.1 Å². The lowest BCUT2D eigenvalue weighted by atomic mass is 10.2. The summed E-state index contributed by atoms with van der Waals surface area (Å²) in [5, 5.41) is 9.02. The van der Waals surface area contributed by atoms with Gasteiger partial charge in [0.25, 0.3) is 11.8 Å². The third kappa shape index (κ3) is 3.05. The van der Waals surface area contributed by atoms with Crippen molar-refractivity contribution in [1.82, 2.24) is 15.8 Å². The predicted octanol–water partition coefficient (Wildman–Crippen LogP) is 1.04. The highest BCUT2D eigenvalue weighted by atomic mass is 16.5. The number of nitrogens with one attached hydrogen (secondary N) is 2. The maximum absolute atomic E-state index is 11.9. The molecule has 2 N–H and O–H groups in total. The Labute approximate surface area is 115 Å². The molecule has 2 aromatic rings. The van der Waals surface area contributed by atoms with Crippen LogP contribution in [0.15, 0.2) is 27.3 Å². The van der Waals surface area contributed by atoms with Crippen LogP contribution in [0.5, 0.6) is 0 Å². The fourth-order valence-corrected chi connectivity index (χ4v) is 1.74. The summed E-state index contributed by atoms with van der Waals surface area (Å²) in [5.74, 6) is 0.122. The summed E-state index contributed by atoms with van der Waals surface area (Å²) < 4.78 is 9.86. The molecule has 0 aliphatic carbocycles. The Morgan fingerprint density at radius 1 is 1.20 bits per heavy atom. The highest BCUT2D eigenvalue weighted by Gasteiger charge is 2.16. The zero-order valence-electron chi connectivity index (χ0n) is 11.2. The number of furan rings is 1. The smallest absolute Gasteiger partial charge is 0.287 e. The van der Waals surface area contributed by atoms with Crippen LogP contribution in [0.1, 0.15) is 32.4 Å². The molecule has 0 aliphatic rings. The van der Waals surface area contributed by atoms with Crippen LogP contribution in [0.2, 0.25) is 0 Å². The number of carbonyl (C=O) groups is 2. The van der Waals surface area contributed by atoms with E-state index in [0.717, 1.165) is 0 Å². The van der Waals surface area contributed by atoms with Crippen LogP contribution in [0, 0.1) is 13.8 Å². The van der Waals surface area contributed by atoms with Gasteiger partial charge in [-0.25, -0.2) is 0 Å². The molecule has 0 radical (unpaired) electrons. The summed E-state index contributed by atoms with van der Waals surface area (Å²) in [7, 11) is 0. The number of nitrogens with zero attached hydrogens (tertiary/aromatic N) is 1. The molecule has 0 atom stereocenters. The van der Waals surface area contributed by atoms with Gasteiger partial charge >= 0.3 is 0 Å². The molecule has 0 spiro atoms. The molecule has 20 heavy (non-hydrogen) atoms. The van der Waals surface area contributed by atoms with Gasteiger partial charge in [-0.1, -0.05) is 5.16 Å². The van der Waals surface area contributed by atoms with Crippen LogP contribution in [-0.4, -0.2) is 30.1 Å². The van der Waals surface area contributed by atoms with Gasteiger partial charge in [-0.2, -0.15) is 0 Å². The minimum absolute atomic E-state index is 0.238. The molecule has 7 nitrogen and oxygen atoms in total. The molecule has 2 amide bonds. The largest absolute Gasteiger partial charge is 0.459 e. The van der Waals surface area contributed by atoms with E-state index in [1.807, 2.05) is 0 Å². The number of hydrogen-bond donors (Lipinski definition) is 2. The molecule has 7 heteroatoms. The van der Waals surface area contributed by atoms with Crippen molar-refractivity contribution in [3.05, 3.63) is 41.2 Å². The lowest BCUT2D eigenvalue weighted by Gasteiger charge is -2.05. The van der Waals surface area contributed by atoms with Crippen LogP contribution >= 0.6 is 0 Å². The molecule has 0 saturated heterocycles. The molecule has 0 aliphatic heterocycles. The maximum atomic E-state index is 11.9. The normalized spacial score (nSPS) is 10.3. The van der Waals surface area contributed by atoms with Gasteiger partial charge in [0.05, 0.1) is 12.0 Å². The number of aryl methyl sites for hydroxylation is 2. The zero-order valence-corrected chi connectivity index (χ0v) is 11.2. The first-order chi connectivity index (χ1) is 9.59. The van der Waals surface area contributed by atoms with Gasteiger partial charge in [-0.15, -0.1) is 0 Å². The standard InChI is InChI=1S/C13H15N3O4/c1-8-11(9(2)20-16-8)13(18)15-6-5-14-12(17)10-4-3-7-19-10/h3-4,7H,5-6H2,1-2H3,(H,14,17)(H,15,18). The van der Waals surface area contributed by atoms with E-state index < -0.39 is 0 Å². The van der Waals surface area contributed by atoms with Gasteiger partial charge in [-0.3, -0.25) is 9.59 Å². The van der Waals surface area contributed by atoms with Crippen LogP contribution < -0.4 is 10.6 Å². The van der Waals surface area contributed by atoms with Crippen molar-refractivity contribution >= 4 is 11.8 Å². The first kappa shape index (κ1) is 13.9. The summed E-state index contributed by atoms with van der Waals surface area (Å²) in [5.41, 5.74) is 0.974. The van der Waals surface area contributed by atoms with E-state index in [1.54, 1.807) is 26.0 Å². The van der Waals surface area contributed by atoms with Crippen LogP contribution in [-0.2, 0) is 0 Å². The van der Waals surface area contributed by atoms with Crippen molar-refractivity contribution in [3.8, 4) is 0 Å². The Bertz CT molecular complexity index is 582. The van der Waals surface area contributed by atoms with E-state index in [4.69, 9.17) is 8.94 Å². The summed E-state index contributed by atoms with van der Waals surface area (Å²) in [6, 6.07) is 3.20. The lowest BCUT2D eigenvalue weighted by Crippen LogP contribution is -2.34. The molecule has 0 bridgehead atoms. The molecule has 0 saturated carbocycles. The van der Waals surface area contributed by atoms with E-state index in [2.05, 4.69) is 15.8 Å². The first-order valence-corrected chi connectivity index (χ1v) is 6.12. The van der Waals surface area contributed by atoms with Gasteiger partial charge in [0.1, 0.15) is 11.3 Å². The maximum Gasteiger partial charge on any atom is 0.287 e. The number of aromatic nitrogens is 1. The predicted molar refractivity (Wildman–Crippen MR) is 69.4 cm³/mol. The van der Waals surface area contributed by atoms with Crippen molar-refractivity contribution < 1.29 is 18.5 Å². The molecular weight excluding hydrogens is 262 g/mol. The van der Waals surface area contributed by atoms with E-state index in [0.29, 0.717) is 30.1 Å². The minimum atomic E-state index is -0.318. The van der Waals surface area contributed by atoms with Crippen molar-refractivity contribution in [3.63, 3.8) is 0 Å². The Morgan fingerprint density at radius 3 is 2.45 bits per heavy atom. The van der Waals surface area contributed by atoms with Crippen LogP contribution in [0.4, 0.5) is 0 Å². The van der Waals surface area contributed by atoms with E-state index in [-0.39, 0.29) is 17.6 Å². The molecule has 0 aromatic carbocycles. The van der Waals surface area contributed by atoms with Crippen molar-refractivity contribution in [2.45, 2.75) is 13.8 Å². The molecule has 106 valence electrons. The average Bonchev–Trinajstić information content (AvgIpc) is 3.05. The molecule has 0 unspecified atom stereocenters. The number of hydrogen-bond acceptors (Lipinski definition) is 5. The second-order valence-corrected chi connectivity index (χ2v) is 4.19. The topological polar surface area (TPSA) is 97.4 Å². The van der Waals surface area contributed by atoms with E-state index in [1.165, 1.54) is 6.26 Å². The summed E-state index contributed by atoms with van der Waals surface area (Å²) in [4.78, 5) is 23.4. The summed E-state index contributed by atoms with van der Waals surface area (Å²) in [6.45, 7) is 3.97. The van der Waals surface area contributed by atoms with Crippen molar-refractivity contribution in [2.75, 3.05) is 13.1 Å². The second kappa shape index (κ2) is 6.05. The van der Waals surface area contributed by atoms with Gasteiger partial charge in [0.15, 0.2) is 5.76 Å². The van der Waals surface area contributed by atoms with Gasteiger partial charge in [-0.05, 0) is 26.0 Å². The highest BCUT2D eigenvalue weighted by Crippen LogP contribution is 2.11. The van der Waals surface area contributed by atoms with Gasteiger partial charge < -0.3 is 19.6 Å². The van der Waals surface area contributed by atoms with E-state index >= 15 is 0 Å². The number of carbonyl (C=O) groups excluding carboxylic acids is 2. The van der Waals surface area contributed by atoms with Crippen molar-refractivity contribution in [2.24, 2.45) is 0 Å². The molecular formula is C13H15N3O4. The zero-order chi connectivity index (χ0) is 14.5. The highest BCUT2D eigenvalue weighted by molar-refractivity contribution is 5.96. The van der Waals surface area contributed by atoms with Crippen LogP contribution in [0.25, 0.3) is 0 Å². The molecule has 2 rings (SSSR count). The summed E-state index contributed by atoms with van der Waals surface area (Å²) >= 11 is 0. The monoisotopic (exact) mass is 277 g/mol. The Morgan fingerprint density at radius 2 is 1.90 bits per heavy atom. The molecule has 2 heterocycles. The first-order valence-electron chi connectivity index (χ1n) is 6.12. The van der Waals surface area contributed by atoms with E-state index in [9.17, 15) is 9.59 Å². The third-order valence-corrected chi connectivity index (χ3v) is 2.70. The fraction of sp³-hybridized carbons (Fsp3) is 0.308. The Balaban J connectivity index is 1.76. The Kier molecular flexibility index (Phi) is 4.19. The number of amides is 2. The average molecular weight is 277 g/mol. The Hall–Kier alpha value is -2.57. The lowest BCUT2D eigenvalue weighted by molar-refractivity contribution is 0.0910. The van der Waals surface area contributed by atoms with Crippen LogP contribution in [0.3, 0.4) is 0 Å². The third-order valence-electron chi connectivity index (χ3n) is 2.70. The van der Waals surface area contributed by atoms with Gasteiger partial charge in [0.2, 0.25) is 0 Å². The minimum Gasteiger partial charge on any atom is -0.459 e. The van der Waals surface area contributed by atoms with Crippen molar-refractivity contribution in [1.29, 1.82) is 0 Å². The second-order valence-electron chi connectivity index (χ2n) is 4.19. The molecule has 0 fully saturated rings. The number of rotatable bonds is 5.